The summed E-state index contributed by atoms with van der Waals surface area (Å²) in [6.07, 6.45) is 2.64. The van der Waals surface area contributed by atoms with E-state index in [1.807, 2.05) is 6.92 Å². The van der Waals surface area contributed by atoms with Gasteiger partial charge in [0.1, 0.15) is 0 Å². The summed E-state index contributed by atoms with van der Waals surface area (Å²) in [5.41, 5.74) is 5.43. The normalized spacial score (nSPS) is 21.1. The Kier molecular flexibility index (Phi) is 4.51. The van der Waals surface area contributed by atoms with Crippen LogP contribution >= 0.6 is 0 Å². The Morgan fingerprint density at radius 1 is 1.40 bits per heavy atom. The molecule has 15 heavy (non-hydrogen) atoms. The molecule has 1 heterocycles. The van der Waals surface area contributed by atoms with Gasteiger partial charge in [-0.2, -0.15) is 17.0 Å². The van der Waals surface area contributed by atoms with Crippen LogP contribution in [0.4, 0.5) is 0 Å². The summed E-state index contributed by atoms with van der Waals surface area (Å²) in [6.45, 7) is 3.71. The molecule has 0 aromatic rings. The summed E-state index contributed by atoms with van der Waals surface area (Å²) >= 11 is 0. The molecule has 0 radical (unpaired) electrons. The van der Waals surface area contributed by atoms with Crippen LogP contribution in [0.25, 0.3) is 0 Å². The predicted octanol–water partition coefficient (Wildman–Crippen LogP) is -0.00390. The van der Waals surface area contributed by atoms with Gasteiger partial charge in [-0.1, -0.05) is 0 Å². The molecule has 1 fully saturated rings. The first kappa shape index (κ1) is 12.9. The van der Waals surface area contributed by atoms with Crippen LogP contribution in [-0.4, -0.2) is 49.8 Å². The number of hydrogen-bond acceptors (Lipinski definition) is 3. The van der Waals surface area contributed by atoms with Gasteiger partial charge in [0.15, 0.2) is 0 Å². The number of hydrogen-bond donors (Lipinski definition) is 1. The van der Waals surface area contributed by atoms with Gasteiger partial charge >= 0.3 is 0 Å². The lowest BCUT2D eigenvalue weighted by Crippen LogP contribution is -2.44. The zero-order valence-electron chi connectivity index (χ0n) is 9.52. The monoisotopic (exact) mass is 235 g/mol. The van der Waals surface area contributed by atoms with E-state index in [9.17, 15) is 8.42 Å². The molecule has 0 spiro atoms. The lowest BCUT2D eigenvalue weighted by molar-refractivity contribution is 0.336. The van der Waals surface area contributed by atoms with Gasteiger partial charge in [0.2, 0.25) is 0 Å². The maximum absolute atomic E-state index is 12.1. The predicted molar refractivity (Wildman–Crippen MR) is 60.6 cm³/mol. The van der Waals surface area contributed by atoms with E-state index in [-0.39, 0.29) is 6.04 Å². The fourth-order valence-electron chi connectivity index (χ4n) is 1.75. The smallest absolute Gasteiger partial charge is 0.281 e. The highest BCUT2D eigenvalue weighted by molar-refractivity contribution is 7.86. The van der Waals surface area contributed by atoms with Crippen molar-refractivity contribution in [3.05, 3.63) is 0 Å². The van der Waals surface area contributed by atoms with Crippen molar-refractivity contribution in [3.63, 3.8) is 0 Å². The van der Waals surface area contributed by atoms with Crippen molar-refractivity contribution in [1.82, 2.24) is 8.61 Å². The van der Waals surface area contributed by atoms with Gasteiger partial charge in [-0.3, -0.25) is 0 Å². The Morgan fingerprint density at radius 2 is 1.93 bits per heavy atom. The molecule has 0 amide bonds. The first-order valence-electron chi connectivity index (χ1n) is 5.43. The fourth-order valence-corrected chi connectivity index (χ4v) is 3.40. The van der Waals surface area contributed by atoms with E-state index in [4.69, 9.17) is 5.73 Å². The third-order valence-electron chi connectivity index (χ3n) is 2.96. The molecule has 0 saturated carbocycles. The lowest BCUT2D eigenvalue weighted by Gasteiger charge is -2.28. The highest BCUT2D eigenvalue weighted by Gasteiger charge is 2.31. The Bertz CT molecular complexity index is 286. The molecule has 0 aromatic heterocycles. The van der Waals surface area contributed by atoms with Gasteiger partial charge in [-0.25, -0.2) is 0 Å². The van der Waals surface area contributed by atoms with Crippen molar-refractivity contribution in [2.75, 3.05) is 26.7 Å². The largest absolute Gasteiger partial charge is 0.330 e. The summed E-state index contributed by atoms with van der Waals surface area (Å²) in [5.74, 6) is 0. The Morgan fingerprint density at radius 3 is 2.40 bits per heavy atom. The third kappa shape index (κ3) is 2.90. The Hall–Kier alpha value is -0.170. The van der Waals surface area contributed by atoms with Gasteiger partial charge in [0.05, 0.1) is 0 Å². The van der Waals surface area contributed by atoms with Gasteiger partial charge in [0, 0.05) is 26.2 Å². The summed E-state index contributed by atoms with van der Waals surface area (Å²) in [5, 5.41) is 0. The molecule has 2 N–H and O–H groups in total. The van der Waals surface area contributed by atoms with Gasteiger partial charge < -0.3 is 5.73 Å². The van der Waals surface area contributed by atoms with Crippen molar-refractivity contribution in [2.45, 2.75) is 32.2 Å². The van der Waals surface area contributed by atoms with Gasteiger partial charge in [-0.05, 0) is 32.7 Å². The molecule has 1 unspecified atom stereocenters. The molecule has 90 valence electrons. The van der Waals surface area contributed by atoms with Crippen LogP contribution in [-0.2, 0) is 10.2 Å². The van der Waals surface area contributed by atoms with Crippen LogP contribution in [0.5, 0.6) is 0 Å². The highest BCUT2D eigenvalue weighted by Crippen LogP contribution is 2.17. The summed E-state index contributed by atoms with van der Waals surface area (Å²) < 4.78 is 27.1. The molecular formula is C9H21N3O2S. The molecule has 1 aliphatic rings. The molecule has 1 saturated heterocycles. The zero-order valence-corrected chi connectivity index (χ0v) is 10.3. The molecule has 5 nitrogen and oxygen atoms in total. The van der Waals surface area contributed by atoms with E-state index in [2.05, 4.69) is 0 Å². The fraction of sp³-hybridized carbons (Fsp3) is 1.00. The number of nitrogens with zero attached hydrogens (tertiary/aromatic N) is 2. The van der Waals surface area contributed by atoms with Crippen LogP contribution in [0.1, 0.15) is 26.2 Å². The molecule has 1 aliphatic heterocycles. The van der Waals surface area contributed by atoms with Crippen LogP contribution in [0, 0.1) is 0 Å². The topological polar surface area (TPSA) is 66.6 Å². The molecule has 1 atom stereocenters. The molecule has 0 bridgehead atoms. The average molecular weight is 235 g/mol. The minimum absolute atomic E-state index is 0.0272. The molecule has 0 aliphatic carbocycles. The number of nitrogens with two attached hydrogens (primary N) is 1. The third-order valence-corrected chi connectivity index (χ3v) is 5.07. The lowest BCUT2D eigenvalue weighted by atomic mass is 10.2. The second kappa shape index (κ2) is 5.25. The van der Waals surface area contributed by atoms with E-state index < -0.39 is 10.2 Å². The van der Waals surface area contributed by atoms with Crippen LogP contribution < -0.4 is 5.73 Å². The zero-order chi connectivity index (χ0) is 11.5. The molecule has 0 aromatic carbocycles. The molecular weight excluding hydrogens is 214 g/mol. The van der Waals surface area contributed by atoms with Crippen molar-refractivity contribution < 1.29 is 8.42 Å². The van der Waals surface area contributed by atoms with Crippen LogP contribution in [0.15, 0.2) is 0 Å². The average Bonchev–Trinajstić information content (AvgIpc) is 2.70. The van der Waals surface area contributed by atoms with Crippen LogP contribution in [0.2, 0.25) is 0 Å². The summed E-state index contributed by atoms with van der Waals surface area (Å²) in [4.78, 5) is 0. The van der Waals surface area contributed by atoms with E-state index in [1.165, 1.54) is 4.31 Å². The van der Waals surface area contributed by atoms with E-state index in [0.29, 0.717) is 26.1 Å². The van der Waals surface area contributed by atoms with Crippen LogP contribution in [0.3, 0.4) is 0 Å². The summed E-state index contributed by atoms with van der Waals surface area (Å²) in [7, 11) is -1.62. The van der Waals surface area contributed by atoms with Crippen molar-refractivity contribution in [3.8, 4) is 0 Å². The van der Waals surface area contributed by atoms with Crippen molar-refractivity contribution in [1.29, 1.82) is 0 Å². The quantitative estimate of drug-likeness (QED) is 0.729. The first-order valence-corrected chi connectivity index (χ1v) is 6.83. The Labute approximate surface area is 92.4 Å². The maximum atomic E-state index is 12.1. The minimum Gasteiger partial charge on any atom is -0.330 e. The second-order valence-corrected chi connectivity index (χ2v) is 6.04. The van der Waals surface area contributed by atoms with E-state index in [1.54, 1.807) is 11.4 Å². The van der Waals surface area contributed by atoms with Crippen molar-refractivity contribution in [2.24, 2.45) is 5.73 Å². The number of rotatable bonds is 5. The standard InChI is InChI=1S/C9H21N3O2S/c1-9(5-6-10)11(2)15(13,14)12-7-3-4-8-12/h9H,3-8,10H2,1-2H3. The Balaban J connectivity index is 2.67. The van der Waals surface area contributed by atoms with E-state index in [0.717, 1.165) is 12.8 Å². The maximum Gasteiger partial charge on any atom is 0.281 e. The SMILES string of the molecule is CC(CCN)N(C)S(=O)(=O)N1CCCC1. The molecule has 6 heteroatoms. The van der Waals surface area contributed by atoms with Gasteiger partial charge in [0.25, 0.3) is 10.2 Å². The second-order valence-electron chi connectivity index (χ2n) is 4.06. The van der Waals surface area contributed by atoms with Gasteiger partial charge in [-0.15, -0.1) is 0 Å². The van der Waals surface area contributed by atoms with E-state index >= 15 is 0 Å². The first-order chi connectivity index (χ1) is 7.00. The van der Waals surface area contributed by atoms with Crippen molar-refractivity contribution >= 4 is 10.2 Å². The highest BCUT2D eigenvalue weighted by atomic mass is 32.2. The minimum atomic E-state index is -3.25. The molecule has 1 rings (SSSR count). The summed E-state index contributed by atoms with van der Waals surface area (Å²) in [6, 6.07) is -0.0272.